The van der Waals surface area contributed by atoms with Gasteiger partial charge in [-0.3, -0.25) is 4.79 Å². The summed E-state index contributed by atoms with van der Waals surface area (Å²) in [6, 6.07) is 12.2. The molecule has 24 heavy (non-hydrogen) atoms. The summed E-state index contributed by atoms with van der Waals surface area (Å²) < 4.78 is 0. The normalized spacial score (nSPS) is 17.2. The Morgan fingerprint density at radius 3 is 2.62 bits per heavy atom. The Kier molecular flexibility index (Phi) is 4.62. The molecule has 2 aromatic carbocycles. The van der Waals surface area contributed by atoms with Gasteiger partial charge in [-0.05, 0) is 42.2 Å². The molecule has 0 bridgehead atoms. The van der Waals surface area contributed by atoms with Crippen LogP contribution in [0.1, 0.15) is 34.2 Å². The Hall–Kier alpha value is -2.27. The maximum Gasteiger partial charge on any atom is 0.330 e. The van der Waals surface area contributed by atoms with E-state index in [1.54, 1.807) is 17.8 Å². The number of carbonyl (C=O) groups is 2. The van der Waals surface area contributed by atoms with Crippen LogP contribution in [0.2, 0.25) is 0 Å². The molecule has 124 valence electrons. The SMILES string of the molecule is Cc1ccc(C(NC(=O)C2CSc3ccccc32)C(=O)O)cc1C. The van der Waals surface area contributed by atoms with E-state index in [0.29, 0.717) is 11.3 Å². The van der Waals surface area contributed by atoms with Crippen molar-refractivity contribution in [2.75, 3.05) is 5.75 Å². The summed E-state index contributed by atoms with van der Waals surface area (Å²) in [6.07, 6.45) is 0. The van der Waals surface area contributed by atoms with Crippen molar-refractivity contribution in [1.29, 1.82) is 0 Å². The number of thioether (sulfide) groups is 1. The molecule has 0 fully saturated rings. The molecule has 0 radical (unpaired) electrons. The number of carboxylic acids is 1. The molecule has 2 unspecified atom stereocenters. The summed E-state index contributed by atoms with van der Waals surface area (Å²) in [7, 11) is 0. The van der Waals surface area contributed by atoms with Crippen LogP contribution in [0.4, 0.5) is 0 Å². The number of nitrogens with one attached hydrogen (secondary N) is 1. The van der Waals surface area contributed by atoms with E-state index >= 15 is 0 Å². The van der Waals surface area contributed by atoms with E-state index in [-0.39, 0.29) is 11.8 Å². The third-order valence-electron chi connectivity index (χ3n) is 4.41. The van der Waals surface area contributed by atoms with E-state index in [1.807, 2.05) is 50.2 Å². The van der Waals surface area contributed by atoms with Crippen molar-refractivity contribution in [2.24, 2.45) is 0 Å². The quantitative estimate of drug-likeness (QED) is 0.894. The molecule has 1 heterocycles. The van der Waals surface area contributed by atoms with E-state index in [2.05, 4.69) is 5.32 Å². The lowest BCUT2D eigenvalue weighted by Gasteiger charge is -2.19. The first-order valence-electron chi connectivity index (χ1n) is 7.79. The molecule has 1 aliphatic rings. The average molecular weight is 341 g/mol. The number of aliphatic carboxylic acids is 1. The minimum atomic E-state index is -1.05. The standard InChI is InChI=1S/C19H19NO3S/c1-11-7-8-13(9-12(11)2)17(19(22)23)20-18(21)15-10-24-16-6-4-3-5-14(15)16/h3-9,15,17H,10H2,1-2H3,(H,20,21)(H,22,23). The zero-order valence-corrected chi connectivity index (χ0v) is 14.4. The lowest BCUT2D eigenvalue weighted by molar-refractivity contribution is -0.142. The monoisotopic (exact) mass is 341 g/mol. The lowest BCUT2D eigenvalue weighted by atomic mass is 9.98. The van der Waals surface area contributed by atoms with Gasteiger partial charge in [0, 0.05) is 10.6 Å². The number of carbonyl (C=O) groups excluding carboxylic acids is 1. The maximum atomic E-state index is 12.7. The van der Waals surface area contributed by atoms with Gasteiger partial charge < -0.3 is 10.4 Å². The predicted octanol–water partition coefficient (Wildman–Crippen LogP) is 3.43. The van der Waals surface area contributed by atoms with Gasteiger partial charge in [-0.15, -0.1) is 11.8 Å². The molecule has 2 N–H and O–H groups in total. The van der Waals surface area contributed by atoms with Gasteiger partial charge in [-0.1, -0.05) is 36.4 Å². The Morgan fingerprint density at radius 2 is 1.92 bits per heavy atom. The van der Waals surface area contributed by atoms with Gasteiger partial charge in [0.05, 0.1) is 5.92 Å². The Morgan fingerprint density at radius 1 is 1.17 bits per heavy atom. The lowest BCUT2D eigenvalue weighted by Crippen LogP contribution is -2.37. The molecule has 0 aromatic heterocycles. The zero-order chi connectivity index (χ0) is 17.3. The fourth-order valence-corrected chi connectivity index (χ4v) is 4.08. The molecule has 0 saturated carbocycles. The van der Waals surface area contributed by atoms with E-state index in [4.69, 9.17) is 0 Å². The van der Waals surface area contributed by atoms with Crippen LogP contribution in [0, 0.1) is 13.8 Å². The number of amides is 1. The molecule has 0 spiro atoms. The molecule has 2 atom stereocenters. The number of fused-ring (bicyclic) bond motifs is 1. The van der Waals surface area contributed by atoms with Crippen LogP contribution in [0.3, 0.4) is 0 Å². The van der Waals surface area contributed by atoms with Crippen molar-refractivity contribution >= 4 is 23.6 Å². The van der Waals surface area contributed by atoms with Crippen molar-refractivity contribution in [3.63, 3.8) is 0 Å². The minimum absolute atomic E-state index is 0.238. The van der Waals surface area contributed by atoms with Gasteiger partial charge in [0.2, 0.25) is 5.91 Å². The highest BCUT2D eigenvalue weighted by Gasteiger charge is 2.32. The van der Waals surface area contributed by atoms with E-state index in [1.165, 1.54) is 0 Å². The summed E-state index contributed by atoms with van der Waals surface area (Å²) in [5.41, 5.74) is 3.67. The van der Waals surface area contributed by atoms with Crippen molar-refractivity contribution < 1.29 is 14.7 Å². The second-order valence-corrected chi connectivity index (χ2v) is 7.09. The summed E-state index contributed by atoms with van der Waals surface area (Å²) in [5, 5.41) is 12.3. The number of rotatable bonds is 4. The highest BCUT2D eigenvalue weighted by molar-refractivity contribution is 7.99. The molecule has 1 aliphatic heterocycles. The highest BCUT2D eigenvalue weighted by atomic mass is 32.2. The van der Waals surface area contributed by atoms with Crippen molar-refractivity contribution in [1.82, 2.24) is 5.32 Å². The topological polar surface area (TPSA) is 66.4 Å². The van der Waals surface area contributed by atoms with Gasteiger partial charge in [-0.2, -0.15) is 0 Å². The first-order valence-corrected chi connectivity index (χ1v) is 8.78. The van der Waals surface area contributed by atoms with E-state index < -0.39 is 12.0 Å². The smallest absolute Gasteiger partial charge is 0.330 e. The Bertz CT molecular complexity index is 803. The summed E-state index contributed by atoms with van der Waals surface area (Å²) >= 11 is 1.63. The van der Waals surface area contributed by atoms with Gasteiger partial charge in [0.25, 0.3) is 0 Å². The van der Waals surface area contributed by atoms with Crippen molar-refractivity contribution in [3.05, 3.63) is 64.7 Å². The molecule has 0 aliphatic carbocycles. The number of carboxylic acid groups (broad SMARTS) is 1. The summed E-state index contributed by atoms with van der Waals surface area (Å²) in [4.78, 5) is 25.4. The third-order valence-corrected chi connectivity index (χ3v) is 5.60. The van der Waals surface area contributed by atoms with Crippen LogP contribution in [0.5, 0.6) is 0 Å². The largest absolute Gasteiger partial charge is 0.479 e. The predicted molar refractivity (Wildman–Crippen MR) is 94.3 cm³/mol. The molecule has 5 heteroatoms. The number of benzene rings is 2. The highest BCUT2D eigenvalue weighted by Crippen LogP contribution is 2.39. The second-order valence-electron chi connectivity index (χ2n) is 6.02. The Balaban J connectivity index is 1.83. The van der Waals surface area contributed by atoms with Crippen molar-refractivity contribution in [3.8, 4) is 0 Å². The fourth-order valence-electron chi connectivity index (χ4n) is 2.85. The van der Waals surface area contributed by atoms with Crippen LogP contribution in [0.25, 0.3) is 0 Å². The van der Waals surface area contributed by atoms with Crippen LogP contribution >= 0.6 is 11.8 Å². The second kappa shape index (κ2) is 6.69. The van der Waals surface area contributed by atoms with Gasteiger partial charge in [0.1, 0.15) is 0 Å². The van der Waals surface area contributed by atoms with Crippen LogP contribution < -0.4 is 5.32 Å². The van der Waals surface area contributed by atoms with E-state index in [0.717, 1.165) is 21.6 Å². The van der Waals surface area contributed by atoms with Crippen molar-refractivity contribution in [2.45, 2.75) is 30.7 Å². The summed E-state index contributed by atoms with van der Waals surface area (Å²) in [5.74, 6) is -0.951. The zero-order valence-electron chi connectivity index (χ0n) is 13.6. The van der Waals surface area contributed by atoms with Crippen LogP contribution in [0.15, 0.2) is 47.4 Å². The van der Waals surface area contributed by atoms with Crippen LogP contribution in [-0.2, 0) is 9.59 Å². The number of aryl methyl sites for hydroxylation is 2. The number of hydrogen-bond acceptors (Lipinski definition) is 3. The van der Waals surface area contributed by atoms with Gasteiger partial charge >= 0.3 is 5.97 Å². The third kappa shape index (κ3) is 3.17. The molecule has 2 aromatic rings. The first-order chi connectivity index (χ1) is 11.5. The number of hydrogen-bond donors (Lipinski definition) is 2. The molecule has 1 amide bonds. The summed E-state index contributed by atoms with van der Waals surface area (Å²) in [6.45, 7) is 3.91. The van der Waals surface area contributed by atoms with E-state index in [9.17, 15) is 14.7 Å². The molecule has 4 nitrogen and oxygen atoms in total. The first kappa shape index (κ1) is 16.6. The maximum absolute atomic E-state index is 12.7. The average Bonchev–Trinajstić information content (AvgIpc) is 2.99. The molecule has 0 saturated heterocycles. The molecular formula is C19H19NO3S. The Labute approximate surface area is 145 Å². The fraction of sp³-hybridized carbons (Fsp3) is 0.263. The minimum Gasteiger partial charge on any atom is -0.479 e. The van der Waals surface area contributed by atoms with Crippen LogP contribution in [-0.4, -0.2) is 22.7 Å². The molecule has 3 rings (SSSR count). The molecular weight excluding hydrogens is 322 g/mol. The van der Waals surface area contributed by atoms with Gasteiger partial charge in [0.15, 0.2) is 6.04 Å². The van der Waals surface area contributed by atoms with Gasteiger partial charge in [-0.25, -0.2) is 4.79 Å².